The molecule has 1 aliphatic rings. The summed E-state index contributed by atoms with van der Waals surface area (Å²) >= 11 is 3.50. The molecule has 24 heavy (non-hydrogen) atoms. The highest BCUT2D eigenvalue weighted by Gasteiger charge is 2.25. The van der Waals surface area contributed by atoms with Gasteiger partial charge in [0.05, 0.1) is 0 Å². The summed E-state index contributed by atoms with van der Waals surface area (Å²) in [5.74, 6) is -0.244. The molecule has 1 N–H and O–H groups in total. The average molecular weight is 391 g/mol. The lowest BCUT2D eigenvalue weighted by atomic mass is 9.95. The van der Waals surface area contributed by atoms with Gasteiger partial charge in [-0.3, -0.25) is 9.69 Å². The van der Waals surface area contributed by atoms with Crippen molar-refractivity contribution in [3.8, 4) is 0 Å². The summed E-state index contributed by atoms with van der Waals surface area (Å²) in [6.45, 7) is 2.73. The van der Waals surface area contributed by atoms with E-state index in [0.717, 1.165) is 36.9 Å². The van der Waals surface area contributed by atoms with Crippen molar-refractivity contribution in [3.63, 3.8) is 0 Å². The fourth-order valence-corrected chi connectivity index (χ4v) is 3.47. The minimum absolute atomic E-state index is 0.0220. The number of rotatable bonds is 4. The number of nitrogens with zero attached hydrogens (tertiary/aromatic N) is 1. The van der Waals surface area contributed by atoms with E-state index >= 15 is 0 Å². The highest BCUT2D eigenvalue weighted by Crippen LogP contribution is 2.22. The van der Waals surface area contributed by atoms with Crippen LogP contribution in [0.15, 0.2) is 53.0 Å². The third-order valence-corrected chi connectivity index (χ3v) is 4.86. The molecule has 2 aromatic rings. The normalized spacial score (nSPS) is 16.1. The van der Waals surface area contributed by atoms with E-state index < -0.39 is 0 Å². The molecule has 1 saturated heterocycles. The molecule has 3 nitrogen and oxygen atoms in total. The van der Waals surface area contributed by atoms with Gasteiger partial charge in [-0.2, -0.15) is 0 Å². The minimum Gasteiger partial charge on any atom is -0.326 e. The van der Waals surface area contributed by atoms with Crippen LogP contribution in [0.3, 0.4) is 0 Å². The second-order valence-electron chi connectivity index (χ2n) is 6.18. The maximum Gasteiger partial charge on any atom is 0.227 e. The fourth-order valence-electron chi connectivity index (χ4n) is 3.02. The van der Waals surface area contributed by atoms with E-state index in [-0.39, 0.29) is 17.6 Å². The molecule has 0 bridgehead atoms. The number of amides is 1. The molecule has 2 aromatic carbocycles. The average Bonchev–Trinajstić information content (AvgIpc) is 2.57. The van der Waals surface area contributed by atoms with Gasteiger partial charge < -0.3 is 5.32 Å². The van der Waals surface area contributed by atoms with Crippen molar-refractivity contribution in [1.29, 1.82) is 0 Å². The Morgan fingerprint density at radius 2 is 1.88 bits per heavy atom. The van der Waals surface area contributed by atoms with Gasteiger partial charge in [-0.15, -0.1) is 0 Å². The summed E-state index contributed by atoms with van der Waals surface area (Å²) < 4.78 is 14.0. The van der Waals surface area contributed by atoms with Crippen LogP contribution in [0.5, 0.6) is 0 Å². The summed E-state index contributed by atoms with van der Waals surface area (Å²) in [7, 11) is 0. The first-order chi connectivity index (χ1) is 11.6. The van der Waals surface area contributed by atoms with E-state index in [0.29, 0.717) is 5.69 Å². The Kier molecular flexibility index (Phi) is 5.63. The predicted molar refractivity (Wildman–Crippen MR) is 97.2 cm³/mol. The first-order valence-electron chi connectivity index (χ1n) is 8.13. The number of hydrogen-bond donors (Lipinski definition) is 1. The maximum absolute atomic E-state index is 12.9. The number of piperidine rings is 1. The van der Waals surface area contributed by atoms with Gasteiger partial charge in [0.2, 0.25) is 5.91 Å². The zero-order valence-electron chi connectivity index (χ0n) is 13.3. The second kappa shape index (κ2) is 7.90. The Labute approximate surface area is 150 Å². The van der Waals surface area contributed by atoms with Gasteiger partial charge in [-0.05, 0) is 67.9 Å². The van der Waals surface area contributed by atoms with Gasteiger partial charge in [0.15, 0.2) is 0 Å². The van der Waals surface area contributed by atoms with Gasteiger partial charge in [-0.1, -0.05) is 28.1 Å². The number of carbonyl (C=O) groups is 1. The van der Waals surface area contributed by atoms with E-state index in [2.05, 4.69) is 38.3 Å². The van der Waals surface area contributed by atoms with Gasteiger partial charge in [0.25, 0.3) is 0 Å². The number of nitrogens with one attached hydrogen (secondary N) is 1. The van der Waals surface area contributed by atoms with E-state index in [4.69, 9.17) is 0 Å². The molecule has 0 saturated carbocycles. The Bertz CT molecular complexity index is 697. The summed E-state index contributed by atoms with van der Waals surface area (Å²) in [5.41, 5.74) is 1.93. The van der Waals surface area contributed by atoms with Gasteiger partial charge in [-0.25, -0.2) is 4.39 Å². The van der Waals surface area contributed by atoms with E-state index in [1.54, 1.807) is 12.1 Å². The first kappa shape index (κ1) is 17.1. The van der Waals surface area contributed by atoms with Crippen molar-refractivity contribution < 1.29 is 9.18 Å². The first-order valence-corrected chi connectivity index (χ1v) is 8.93. The van der Waals surface area contributed by atoms with Crippen molar-refractivity contribution in [2.24, 2.45) is 5.92 Å². The fraction of sp³-hybridized carbons (Fsp3) is 0.316. The second-order valence-corrected chi connectivity index (χ2v) is 7.09. The van der Waals surface area contributed by atoms with Crippen LogP contribution in [-0.4, -0.2) is 23.9 Å². The van der Waals surface area contributed by atoms with Crippen LogP contribution < -0.4 is 5.32 Å². The Hall–Kier alpha value is -1.72. The lowest BCUT2D eigenvalue weighted by molar-refractivity contribution is -0.121. The van der Waals surface area contributed by atoms with E-state index in [1.807, 2.05) is 12.1 Å². The molecule has 1 amide bonds. The monoisotopic (exact) mass is 390 g/mol. The van der Waals surface area contributed by atoms with Crippen molar-refractivity contribution >= 4 is 27.5 Å². The van der Waals surface area contributed by atoms with Crippen molar-refractivity contribution in [2.45, 2.75) is 19.4 Å². The molecular formula is C19H20BrFN2O. The molecule has 0 aromatic heterocycles. The minimum atomic E-state index is -0.297. The lowest BCUT2D eigenvalue weighted by Gasteiger charge is -2.31. The van der Waals surface area contributed by atoms with Crippen molar-refractivity contribution in [2.75, 3.05) is 18.4 Å². The predicted octanol–water partition coefficient (Wildman–Crippen LogP) is 4.44. The molecule has 1 aliphatic heterocycles. The standard InChI is InChI=1S/C19H20BrFN2O/c20-16-3-1-2-14(12-16)13-23-10-8-15(9-11-23)19(24)22-18-6-4-17(21)5-7-18/h1-7,12,15H,8-11,13H2,(H,22,24). The number of halogens is 2. The molecule has 1 fully saturated rings. The number of likely N-dealkylation sites (tertiary alicyclic amines) is 1. The number of benzene rings is 2. The van der Waals surface area contributed by atoms with Gasteiger partial charge in [0.1, 0.15) is 5.82 Å². The van der Waals surface area contributed by atoms with E-state index in [1.165, 1.54) is 17.7 Å². The maximum atomic E-state index is 12.9. The quantitative estimate of drug-likeness (QED) is 0.836. The number of anilines is 1. The smallest absolute Gasteiger partial charge is 0.227 e. The molecule has 126 valence electrons. The van der Waals surface area contributed by atoms with Crippen LogP contribution in [0.2, 0.25) is 0 Å². The van der Waals surface area contributed by atoms with Crippen LogP contribution >= 0.6 is 15.9 Å². The van der Waals surface area contributed by atoms with Crippen LogP contribution in [0.4, 0.5) is 10.1 Å². The molecule has 5 heteroatoms. The topological polar surface area (TPSA) is 32.3 Å². The van der Waals surface area contributed by atoms with Crippen LogP contribution in [0, 0.1) is 11.7 Å². The molecule has 0 unspecified atom stereocenters. The molecule has 0 spiro atoms. The summed E-state index contributed by atoms with van der Waals surface area (Å²) in [6, 6.07) is 14.2. The highest BCUT2D eigenvalue weighted by atomic mass is 79.9. The third-order valence-electron chi connectivity index (χ3n) is 4.37. The summed E-state index contributed by atoms with van der Waals surface area (Å²) in [4.78, 5) is 14.7. The summed E-state index contributed by atoms with van der Waals surface area (Å²) in [5, 5.41) is 2.88. The largest absolute Gasteiger partial charge is 0.326 e. The van der Waals surface area contributed by atoms with E-state index in [9.17, 15) is 9.18 Å². The SMILES string of the molecule is O=C(Nc1ccc(F)cc1)C1CCN(Cc2cccc(Br)c2)CC1. The zero-order valence-corrected chi connectivity index (χ0v) is 14.9. The molecular weight excluding hydrogens is 371 g/mol. The van der Waals surface area contributed by atoms with Gasteiger partial charge >= 0.3 is 0 Å². The molecule has 0 radical (unpaired) electrons. The number of hydrogen-bond acceptors (Lipinski definition) is 2. The summed E-state index contributed by atoms with van der Waals surface area (Å²) in [6.07, 6.45) is 1.70. The lowest BCUT2D eigenvalue weighted by Crippen LogP contribution is -2.37. The van der Waals surface area contributed by atoms with Crippen molar-refractivity contribution in [3.05, 3.63) is 64.4 Å². The van der Waals surface area contributed by atoms with Crippen LogP contribution in [-0.2, 0) is 11.3 Å². The Morgan fingerprint density at radius 1 is 1.17 bits per heavy atom. The Balaban J connectivity index is 1.49. The molecule has 0 atom stereocenters. The Morgan fingerprint density at radius 3 is 2.54 bits per heavy atom. The number of carbonyl (C=O) groups excluding carboxylic acids is 1. The molecule has 3 rings (SSSR count). The molecule has 1 heterocycles. The van der Waals surface area contributed by atoms with Crippen LogP contribution in [0.1, 0.15) is 18.4 Å². The third kappa shape index (κ3) is 4.65. The highest BCUT2D eigenvalue weighted by molar-refractivity contribution is 9.10. The van der Waals surface area contributed by atoms with Crippen molar-refractivity contribution in [1.82, 2.24) is 4.90 Å². The zero-order chi connectivity index (χ0) is 16.9. The van der Waals surface area contributed by atoms with Gasteiger partial charge in [0, 0.05) is 22.6 Å². The molecule has 0 aliphatic carbocycles. The van der Waals surface area contributed by atoms with Crippen LogP contribution in [0.25, 0.3) is 0 Å².